The molecule has 0 aliphatic rings. The standard InChI is InChI=1S/C21H23ClN4O2/c1-14(2)26(11-10-20(27)23-16-7-5-6-15(22)12-16)13-19-24-18-9-4-3-8-17(18)21(28)25-19/h3-9,12,14H,10-11,13H2,1-2H3,(H,23,27)(H,24,25,28). The summed E-state index contributed by atoms with van der Waals surface area (Å²) in [6, 6.07) is 14.5. The number of anilines is 1. The van der Waals surface area contributed by atoms with Crippen molar-refractivity contribution in [3.8, 4) is 0 Å². The Morgan fingerprint density at radius 2 is 2.00 bits per heavy atom. The van der Waals surface area contributed by atoms with Crippen LogP contribution in [0, 0.1) is 0 Å². The van der Waals surface area contributed by atoms with Crippen LogP contribution in [0.25, 0.3) is 10.9 Å². The zero-order valence-electron chi connectivity index (χ0n) is 15.9. The molecule has 0 aliphatic heterocycles. The Morgan fingerprint density at radius 1 is 1.21 bits per heavy atom. The molecule has 0 saturated carbocycles. The number of aromatic nitrogens is 2. The summed E-state index contributed by atoms with van der Waals surface area (Å²) in [6.07, 6.45) is 0.322. The Balaban J connectivity index is 1.65. The average Bonchev–Trinajstić information content (AvgIpc) is 2.65. The number of nitrogens with one attached hydrogen (secondary N) is 2. The van der Waals surface area contributed by atoms with Crippen molar-refractivity contribution < 1.29 is 4.79 Å². The molecule has 2 aromatic carbocycles. The Morgan fingerprint density at radius 3 is 2.75 bits per heavy atom. The SMILES string of the molecule is CC(C)N(CCC(=O)Nc1cccc(Cl)c1)Cc1nc2ccccc2c(=O)[nH]1. The van der Waals surface area contributed by atoms with Crippen LogP contribution >= 0.6 is 11.6 Å². The number of benzene rings is 2. The fraction of sp³-hybridized carbons (Fsp3) is 0.286. The number of amides is 1. The first-order valence-electron chi connectivity index (χ1n) is 9.20. The van der Waals surface area contributed by atoms with Crippen molar-refractivity contribution in [2.24, 2.45) is 0 Å². The molecule has 2 N–H and O–H groups in total. The highest BCUT2D eigenvalue weighted by Crippen LogP contribution is 2.15. The van der Waals surface area contributed by atoms with Gasteiger partial charge in [0, 0.05) is 29.7 Å². The molecular weight excluding hydrogens is 376 g/mol. The van der Waals surface area contributed by atoms with E-state index in [0.29, 0.717) is 46.9 Å². The summed E-state index contributed by atoms with van der Waals surface area (Å²) in [6.45, 7) is 5.10. The number of para-hydroxylation sites is 1. The highest BCUT2D eigenvalue weighted by atomic mass is 35.5. The summed E-state index contributed by atoms with van der Waals surface area (Å²) in [5.74, 6) is 0.500. The fourth-order valence-electron chi connectivity index (χ4n) is 2.96. The van der Waals surface area contributed by atoms with Crippen LogP contribution in [0.3, 0.4) is 0 Å². The van der Waals surface area contributed by atoms with Gasteiger partial charge in [0.15, 0.2) is 0 Å². The lowest BCUT2D eigenvalue weighted by Gasteiger charge is -2.25. The molecule has 7 heteroatoms. The zero-order valence-corrected chi connectivity index (χ0v) is 16.7. The second-order valence-corrected chi connectivity index (χ2v) is 7.34. The maximum absolute atomic E-state index is 12.3. The summed E-state index contributed by atoms with van der Waals surface area (Å²) < 4.78 is 0. The Hall–Kier alpha value is -2.70. The van der Waals surface area contributed by atoms with E-state index in [2.05, 4.69) is 20.2 Å². The molecule has 28 heavy (non-hydrogen) atoms. The van der Waals surface area contributed by atoms with Gasteiger partial charge in [-0.1, -0.05) is 29.8 Å². The number of aromatic amines is 1. The molecule has 1 amide bonds. The third kappa shape index (κ3) is 5.18. The van der Waals surface area contributed by atoms with Gasteiger partial charge in [0.2, 0.25) is 5.91 Å². The lowest BCUT2D eigenvalue weighted by molar-refractivity contribution is -0.116. The smallest absolute Gasteiger partial charge is 0.258 e. The summed E-state index contributed by atoms with van der Waals surface area (Å²) in [5.41, 5.74) is 1.20. The van der Waals surface area contributed by atoms with Crippen LogP contribution in [-0.4, -0.2) is 33.4 Å². The van der Waals surface area contributed by atoms with Crippen molar-refractivity contribution in [3.05, 3.63) is 69.7 Å². The van der Waals surface area contributed by atoms with Crippen LogP contribution in [0.2, 0.25) is 5.02 Å². The number of hydrogen-bond donors (Lipinski definition) is 2. The van der Waals surface area contributed by atoms with E-state index in [0.717, 1.165) is 0 Å². The van der Waals surface area contributed by atoms with E-state index < -0.39 is 0 Å². The van der Waals surface area contributed by atoms with Crippen LogP contribution in [-0.2, 0) is 11.3 Å². The van der Waals surface area contributed by atoms with Crippen LogP contribution in [0.1, 0.15) is 26.1 Å². The lowest BCUT2D eigenvalue weighted by atomic mass is 10.2. The van der Waals surface area contributed by atoms with E-state index >= 15 is 0 Å². The van der Waals surface area contributed by atoms with Gasteiger partial charge in [0.25, 0.3) is 5.56 Å². The highest BCUT2D eigenvalue weighted by Gasteiger charge is 2.15. The quantitative estimate of drug-likeness (QED) is 0.634. The van der Waals surface area contributed by atoms with E-state index in [9.17, 15) is 9.59 Å². The Labute approximate surface area is 168 Å². The molecule has 0 radical (unpaired) electrons. The van der Waals surface area contributed by atoms with Crippen molar-refractivity contribution in [1.82, 2.24) is 14.9 Å². The minimum atomic E-state index is -0.150. The number of fused-ring (bicyclic) bond motifs is 1. The van der Waals surface area contributed by atoms with Crippen LogP contribution < -0.4 is 10.9 Å². The van der Waals surface area contributed by atoms with Gasteiger partial charge >= 0.3 is 0 Å². The Bertz CT molecular complexity index is 1030. The van der Waals surface area contributed by atoms with Crippen molar-refractivity contribution in [2.75, 3.05) is 11.9 Å². The largest absolute Gasteiger partial charge is 0.326 e. The maximum Gasteiger partial charge on any atom is 0.258 e. The van der Waals surface area contributed by atoms with Crippen LogP contribution in [0.5, 0.6) is 0 Å². The number of nitrogens with zero attached hydrogens (tertiary/aromatic N) is 2. The van der Waals surface area contributed by atoms with Crippen molar-refractivity contribution in [1.29, 1.82) is 0 Å². The average molecular weight is 399 g/mol. The molecule has 3 rings (SSSR count). The first-order valence-corrected chi connectivity index (χ1v) is 9.57. The summed E-state index contributed by atoms with van der Waals surface area (Å²) in [5, 5.41) is 4.00. The molecule has 1 aromatic heterocycles. The third-order valence-electron chi connectivity index (χ3n) is 4.48. The molecule has 3 aromatic rings. The van der Waals surface area contributed by atoms with Gasteiger partial charge in [-0.2, -0.15) is 0 Å². The molecule has 6 nitrogen and oxygen atoms in total. The van der Waals surface area contributed by atoms with Gasteiger partial charge in [-0.25, -0.2) is 4.98 Å². The molecule has 146 valence electrons. The highest BCUT2D eigenvalue weighted by molar-refractivity contribution is 6.30. The van der Waals surface area contributed by atoms with Gasteiger partial charge in [0.1, 0.15) is 5.82 Å². The normalized spacial score (nSPS) is 11.3. The number of halogens is 1. The van der Waals surface area contributed by atoms with Crippen molar-refractivity contribution in [3.63, 3.8) is 0 Å². The predicted molar refractivity (Wildman–Crippen MR) is 113 cm³/mol. The van der Waals surface area contributed by atoms with E-state index in [-0.39, 0.29) is 17.5 Å². The second kappa shape index (κ2) is 8.99. The van der Waals surface area contributed by atoms with Gasteiger partial charge in [-0.05, 0) is 44.2 Å². The molecule has 0 aliphatic carbocycles. The van der Waals surface area contributed by atoms with Gasteiger partial charge in [-0.15, -0.1) is 0 Å². The zero-order chi connectivity index (χ0) is 20.1. The molecule has 0 atom stereocenters. The van der Waals surface area contributed by atoms with Crippen molar-refractivity contribution >= 4 is 34.1 Å². The first-order chi connectivity index (χ1) is 13.4. The van der Waals surface area contributed by atoms with Crippen LogP contribution in [0.15, 0.2) is 53.3 Å². The lowest BCUT2D eigenvalue weighted by Crippen LogP contribution is -2.34. The van der Waals surface area contributed by atoms with E-state index in [1.165, 1.54) is 0 Å². The molecule has 0 saturated heterocycles. The monoisotopic (exact) mass is 398 g/mol. The number of carbonyl (C=O) groups is 1. The molecule has 0 fully saturated rings. The van der Waals surface area contributed by atoms with Gasteiger partial charge < -0.3 is 10.3 Å². The molecular formula is C21H23ClN4O2. The predicted octanol–water partition coefficient (Wildman–Crippen LogP) is 3.82. The van der Waals surface area contributed by atoms with Gasteiger partial charge in [-0.3, -0.25) is 14.5 Å². The number of H-pyrrole nitrogens is 1. The minimum Gasteiger partial charge on any atom is -0.326 e. The third-order valence-corrected chi connectivity index (χ3v) is 4.71. The van der Waals surface area contributed by atoms with E-state index in [1.54, 1.807) is 30.3 Å². The molecule has 0 bridgehead atoms. The summed E-state index contributed by atoms with van der Waals surface area (Å²) in [7, 11) is 0. The number of carbonyl (C=O) groups excluding carboxylic acids is 1. The molecule has 0 spiro atoms. The minimum absolute atomic E-state index is 0.0899. The topological polar surface area (TPSA) is 78.1 Å². The molecule has 1 heterocycles. The summed E-state index contributed by atoms with van der Waals surface area (Å²) >= 11 is 5.95. The maximum atomic E-state index is 12.3. The van der Waals surface area contributed by atoms with Crippen molar-refractivity contribution in [2.45, 2.75) is 32.9 Å². The van der Waals surface area contributed by atoms with E-state index in [1.807, 2.05) is 32.0 Å². The molecule has 0 unspecified atom stereocenters. The Kier molecular flexibility index (Phi) is 6.44. The second-order valence-electron chi connectivity index (χ2n) is 6.90. The number of hydrogen-bond acceptors (Lipinski definition) is 4. The van der Waals surface area contributed by atoms with E-state index in [4.69, 9.17) is 11.6 Å². The summed E-state index contributed by atoms with van der Waals surface area (Å²) in [4.78, 5) is 34.0. The van der Waals surface area contributed by atoms with Crippen LogP contribution in [0.4, 0.5) is 5.69 Å². The van der Waals surface area contributed by atoms with Gasteiger partial charge in [0.05, 0.1) is 17.4 Å². The fourth-order valence-corrected chi connectivity index (χ4v) is 3.15. The number of rotatable bonds is 7. The first kappa shape index (κ1) is 20.0.